The van der Waals surface area contributed by atoms with Crippen molar-refractivity contribution >= 4 is 15.4 Å². The van der Waals surface area contributed by atoms with Gasteiger partial charge in [0.2, 0.25) is 0 Å². The molecule has 0 rings (SSSR count). The lowest BCUT2D eigenvalue weighted by Crippen LogP contribution is -1.26. The zero-order valence-corrected chi connectivity index (χ0v) is 3.63. The maximum atomic E-state index is 8.40. The first kappa shape index (κ1) is 8.96. The Balaban J connectivity index is 0. The average molecular weight is 104 g/mol. The van der Waals surface area contributed by atoms with Crippen LogP contribution in [-0.4, -0.2) is 15.4 Å². The molecule has 0 saturated carbocycles. The van der Waals surface area contributed by atoms with Crippen LogP contribution in [0.25, 0.3) is 0 Å². The second-order valence-electron chi connectivity index (χ2n) is 0.167. The van der Waals surface area contributed by atoms with Crippen LogP contribution in [0.1, 0.15) is 0 Å². The lowest BCUT2D eigenvalue weighted by atomic mass is 11.8. The molecule has 0 aromatic heterocycles. The van der Waals surface area contributed by atoms with Gasteiger partial charge in [0.1, 0.15) is 0 Å². The van der Waals surface area contributed by atoms with Gasteiger partial charge in [0.25, 0.3) is 0 Å². The molecule has 0 saturated heterocycles. The zero-order valence-electron chi connectivity index (χ0n) is 2.63. The molecule has 0 spiro atoms. The molecular formula is CO4Si. The highest BCUT2D eigenvalue weighted by Gasteiger charge is 1.22. The van der Waals surface area contributed by atoms with Gasteiger partial charge in [-0.05, 0) is 0 Å². The highest BCUT2D eigenvalue weighted by atomic mass is 28.2. The minimum atomic E-state index is -1.42. The van der Waals surface area contributed by atoms with Gasteiger partial charge in [0, 0.05) is 0 Å². The van der Waals surface area contributed by atoms with Crippen LogP contribution in [0.5, 0.6) is 0 Å². The normalized spacial score (nSPS) is 2.67. The van der Waals surface area contributed by atoms with Crippen molar-refractivity contribution in [1.29, 1.82) is 0 Å². The van der Waals surface area contributed by atoms with Crippen molar-refractivity contribution in [3.8, 4) is 0 Å². The molecule has 0 heterocycles. The number of hydrogen-bond acceptors (Lipinski definition) is 4. The summed E-state index contributed by atoms with van der Waals surface area (Å²) in [5, 5.41) is 0. The Kier molecular flexibility index (Phi) is 44.7. The van der Waals surface area contributed by atoms with E-state index in [-0.39, 0.29) is 6.15 Å². The van der Waals surface area contributed by atoms with E-state index in [0.717, 1.165) is 0 Å². The Morgan fingerprint density at radius 2 is 1.17 bits per heavy atom. The first-order chi connectivity index (χ1) is 2.83. The second-order valence-corrected chi connectivity index (χ2v) is 0.333. The van der Waals surface area contributed by atoms with E-state index in [9.17, 15) is 0 Å². The molecule has 0 aliphatic rings. The van der Waals surface area contributed by atoms with Gasteiger partial charge in [-0.3, -0.25) is 8.92 Å². The minimum absolute atomic E-state index is 0.250. The van der Waals surface area contributed by atoms with E-state index >= 15 is 0 Å². The Bertz CT molecular complexity index is 61.5. The van der Waals surface area contributed by atoms with E-state index in [0.29, 0.717) is 0 Å². The van der Waals surface area contributed by atoms with Crippen LogP contribution in [0.3, 0.4) is 0 Å². The van der Waals surface area contributed by atoms with E-state index in [1.54, 1.807) is 0 Å². The SMILES string of the molecule is O=C=O.O=[Si]=O. The van der Waals surface area contributed by atoms with Gasteiger partial charge in [-0.2, -0.15) is 9.59 Å². The molecule has 0 amide bonds. The molecule has 0 aromatic rings. The topological polar surface area (TPSA) is 68.3 Å². The third-order valence-corrected chi connectivity index (χ3v) is 0. The van der Waals surface area contributed by atoms with Gasteiger partial charge in [0.05, 0.1) is 0 Å². The van der Waals surface area contributed by atoms with Crippen LogP contribution in [-0.2, 0) is 18.5 Å². The smallest absolute Gasteiger partial charge is 0.274 e. The third-order valence-electron chi connectivity index (χ3n) is 0. The predicted molar refractivity (Wildman–Crippen MR) is 12.1 cm³/mol. The van der Waals surface area contributed by atoms with Crippen molar-refractivity contribution in [2.45, 2.75) is 0 Å². The summed E-state index contributed by atoms with van der Waals surface area (Å²) in [7, 11) is -1.42. The van der Waals surface area contributed by atoms with Gasteiger partial charge in [-0.25, -0.2) is 0 Å². The summed E-state index contributed by atoms with van der Waals surface area (Å²) >= 11 is 0. The fraction of sp³-hybridized carbons (Fsp3) is 0. The molecule has 0 aromatic carbocycles. The molecule has 4 nitrogen and oxygen atoms in total. The summed E-state index contributed by atoms with van der Waals surface area (Å²) in [6.45, 7) is 0. The standard InChI is InChI=1S/CO2.O2Si/c2-1-3;1-3-2. The Labute approximate surface area is 35.1 Å². The lowest BCUT2D eigenvalue weighted by molar-refractivity contribution is -0.191. The van der Waals surface area contributed by atoms with Crippen molar-refractivity contribution in [2.24, 2.45) is 0 Å². The average Bonchev–Trinajstić information content (AvgIpc) is 1.39. The molecule has 0 aliphatic carbocycles. The van der Waals surface area contributed by atoms with Gasteiger partial charge < -0.3 is 0 Å². The fourth-order valence-corrected chi connectivity index (χ4v) is 0. The summed E-state index contributed by atoms with van der Waals surface area (Å²) in [6.07, 6.45) is 0.250. The summed E-state index contributed by atoms with van der Waals surface area (Å²) < 4.78 is 16.8. The summed E-state index contributed by atoms with van der Waals surface area (Å²) in [5.41, 5.74) is 0. The number of rotatable bonds is 0. The molecule has 32 valence electrons. The molecule has 0 fully saturated rings. The lowest BCUT2D eigenvalue weighted by Gasteiger charge is -0.945. The van der Waals surface area contributed by atoms with Crippen molar-refractivity contribution in [3.63, 3.8) is 0 Å². The van der Waals surface area contributed by atoms with Crippen LogP contribution >= 0.6 is 0 Å². The Hall–Kier alpha value is -0.803. The maximum absolute atomic E-state index is 8.40. The molecule has 0 aliphatic heterocycles. The maximum Gasteiger partial charge on any atom is 0.549 e. The van der Waals surface area contributed by atoms with Crippen molar-refractivity contribution in [1.82, 2.24) is 0 Å². The van der Waals surface area contributed by atoms with Gasteiger partial charge >= 0.3 is 15.4 Å². The molecule has 0 radical (unpaired) electrons. The first-order valence-electron chi connectivity index (χ1n) is 0.816. The Morgan fingerprint density at radius 3 is 1.17 bits per heavy atom. The highest BCUT2D eigenvalue weighted by molar-refractivity contribution is 5.94. The van der Waals surface area contributed by atoms with Crippen molar-refractivity contribution in [2.75, 3.05) is 0 Å². The molecule has 5 heteroatoms. The van der Waals surface area contributed by atoms with Crippen LogP contribution < -0.4 is 0 Å². The summed E-state index contributed by atoms with van der Waals surface area (Å²) in [4.78, 5) is 16.2. The highest BCUT2D eigenvalue weighted by Crippen LogP contribution is 0.787. The molecule has 0 N–H and O–H groups in total. The molecule has 0 atom stereocenters. The quantitative estimate of drug-likeness (QED) is 0.362. The van der Waals surface area contributed by atoms with Crippen LogP contribution in [0, 0.1) is 0 Å². The van der Waals surface area contributed by atoms with E-state index < -0.39 is 9.29 Å². The molecule has 0 bridgehead atoms. The third kappa shape index (κ3) is 23.9. The zero-order chi connectivity index (χ0) is 5.41. The monoisotopic (exact) mass is 104 g/mol. The van der Waals surface area contributed by atoms with Crippen LogP contribution in [0.15, 0.2) is 0 Å². The number of carbonyl (C=O) groups excluding carboxylic acids is 2. The fourth-order valence-electron chi connectivity index (χ4n) is 0. The van der Waals surface area contributed by atoms with Crippen LogP contribution in [0.2, 0.25) is 0 Å². The molecule has 0 unspecified atom stereocenters. The van der Waals surface area contributed by atoms with E-state index in [4.69, 9.17) is 18.5 Å². The Morgan fingerprint density at radius 1 is 1.17 bits per heavy atom. The van der Waals surface area contributed by atoms with Crippen LogP contribution in [0.4, 0.5) is 0 Å². The molecular weight excluding hydrogens is 104 g/mol. The summed E-state index contributed by atoms with van der Waals surface area (Å²) in [6, 6.07) is 0. The van der Waals surface area contributed by atoms with E-state index in [1.165, 1.54) is 0 Å². The van der Waals surface area contributed by atoms with Gasteiger partial charge in [-0.15, -0.1) is 0 Å². The molecule has 6 heavy (non-hydrogen) atoms. The largest absolute Gasteiger partial charge is 0.549 e. The minimum Gasteiger partial charge on any atom is -0.274 e. The van der Waals surface area contributed by atoms with Gasteiger partial charge in [-0.1, -0.05) is 0 Å². The van der Waals surface area contributed by atoms with Gasteiger partial charge in [0.15, 0.2) is 0 Å². The predicted octanol–water partition coefficient (Wildman–Crippen LogP) is -1.20. The summed E-state index contributed by atoms with van der Waals surface area (Å²) in [5.74, 6) is 0. The van der Waals surface area contributed by atoms with E-state index in [1.807, 2.05) is 0 Å². The number of hydrogen-bond donors (Lipinski definition) is 0. The van der Waals surface area contributed by atoms with Crippen molar-refractivity contribution < 1.29 is 18.5 Å². The first-order valence-corrected chi connectivity index (χ1v) is 1.63. The van der Waals surface area contributed by atoms with Crippen molar-refractivity contribution in [3.05, 3.63) is 0 Å². The van der Waals surface area contributed by atoms with E-state index in [2.05, 4.69) is 0 Å². The second kappa shape index (κ2) is 29.9.